The molecule has 0 bridgehead atoms. The van der Waals surface area contributed by atoms with Gasteiger partial charge in [-0.05, 0) is 24.5 Å². The maximum Gasteiger partial charge on any atom is 0.329 e. The van der Waals surface area contributed by atoms with E-state index in [0.29, 0.717) is 12.8 Å². The van der Waals surface area contributed by atoms with Crippen molar-refractivity contribution in [3.05, 3.63) is 36.0 Å². The topological polar surface area (TPSA) is 124 Å². The van der Waals surface area contributed by atoms with Crippen LogP contribution in [0.3, 0.4) is 0 Å². The molecule has 0 saturated heterocycles. The number of esters is 1. The average Bonchev–Trinajstić information content (AvgIpc) is 3.15. The standard InChI is InChI=1S/C22H26N4O4/c1-15(27)25-19(11-16-12-24-18-8-4-3-7-17(16)18)21(29)30-13-20(28)26-22(14-23)9-5-2-6-10-22/h3-4,7-8,12,19,24H,2,5-6,9-11,13H2,1H3,(H,25,27)(H,26,28)/t19-/m0/s1. The van der Waals surface area contributed by atoms with E-state index in [-0.39, 0.29) is 12.3 Å². The molecule has 1 heterocycles. The summed E-state index contributed by atoms with van der Waals surface area (Å²) in [6, 6.07) is 8.92. The van der Waals surface area contributed by atoms with Crippen molar-refractivity contribution in [1.29, 1.82) is 5.26 Å². The van der Waals surface area contributed by atoms with Crippen LogP contribution in [0.1, 0.15) is 44.6 Å². The second-order valence-electron chi connectivity index (χ2n) is 7.73. The molecule has 1 aliphatic carbocycles. The average molecular weight is 410 g/mol. The Morgan fingerprint density at radius 1 is 1.23 bits per heavy atom. The maximum atomic E-state index is 12.6. The van der Waals surface area contributed by atoms with Crippen molar-refractivity contribution in [1.82, 2.24) is 15.6 Å². The molecular formula is C22H26N4O4. The van der Waals surface area contributed by atoms with Gasteiger partial charge in [0.1, 0.15) is 11.6 Å². The zero-order chi connectivity index (χ0) is 21.6. The Morgan fingerprint density at radius 3 is 2.67 bits per heavy atom. The van der Waals surface area contributed by atoms with Crippen molar-refractivity contribution < 1.29 is 19.1 Å². The summed E-state index contributed by atoms with van der Waals surface area (Å²) in [4.78, 5) is 39.6. The number of nitrogens with zero attached hydrogens (tertiary/aromatic N) is 1. The third kappa shape index (κ3) is 5.17. The summed E-state index contributed by atoms with van der Waals surface area (Å²) >= 11 is 0. The molecule has 3 rings (SSSR count). The quantitative estimate of drug-likeness (QED) is 0.603. The Morgan fingerprint density at radius 2 is 1.97 bits per heavy atom. The first-order valence-corrected chi connectivity index (χ1v) is 10.1. The van der Waals surface area contributed by atoms with Gasteiger partial charge in [0.15, 0.2) is 6.61 Å². The van der Waals surface area contributed by atoms with Crippen LogP contribution in [-0.2, 0) is 25.5 Å². The minimum atomic E-state index is -0.922. The van der Waals surface area contributed by atoms with E-state index in [9.17, 15) is 19.6 Å². The monoisotopic (exact) mass is 410 g/mol. The molecule has 3 N–H and O–H groups in total. The van der Waals surface area contributed by atoms with Crippen LogP contribution in [0.2, 0.25) is 0 Å². The summed E-state index contributed by atoms with van der Waals surface area (Å²) in [5.74, 6) is -1.58. The molecule has 1 aromatic carbocycles. The number of amides is 2. The van der Waals surface area contributed by atoms with Crippen molar-refractivity contribution >= 4 is 28.7 Å². The van der Waals surface area contributed by atoms with Crippen LogP contribution in [-0.4, -0.2) is 41.0 Å². The number of benzene rings is 1. The number of ether oxygens (including phenoxy) is 1. The SMILES string of the molecule is CC(=O)N[C@@H](Cc1c[nH]c2ccccc12)C(=O)OCC(=O)NC1(C#N)CCCCC1. The Bertz CT molecular complexity index is 969. The number of H-pyrrole nitrogens is 1. The van der Waals surface area contributed by atoms with E-state index >= 15 is 0 Å². The van der Waals surface area contributed by atoms with Gasteiger partial charge in [0.25, 0.3) is 5.91 Å². The summed E-state index contributed by atoms with van der Waals surface area (Å²) in [5, 5.41) is 15.7. The zero-order valence-corrected chi connectivity index (χ0v) is 17.0. The molecule has 1 atom stereocenters. The highest BCUT2D eigenvalue weighted by molar-refractivity contribution is 5.88. The fraction of sp³-hybridized carbons (Fsp3) is 0.455. The van der Waals surface area contributed by atoms with Gasteiger partial charge in [-0.3, -0.25) is 9.59 Å². The summed E-state index contributed by atoms with van der Waals surface area (Å²) in [6.07, 6.45) is 6.01. The van der Waals surface area contributed by atoms with Gasteiger partial charge in [0.2, 0.25) is 5.91 Å². The highest BCUT2D eigenvalue weighted by atomic mass is 16.5. The lowest BCUT2D eigenvalue weighted by molar-refractivity contribution is -0.152. The predicted molar refractivity (Wildman–Crippen MR) is 110 cm³/mol. The molecular weight excluding hydrogens is 384 g/mol. The second-order valence-corrected chi connectivity index (χ2v) is 7.73. The lowest BCUT2D eigenvalue weighted by Gasteiger charge is -2.31. The molecule has 30 heavy (non-hydrogen) atoms. The number of aromatic amines is 1. The molecule has 0 spiro atoms. The molecule has 2 aromatic rings. The van der Waals surface area contributed by atoms with Gasteiger partial charge in [-0.25, -0.2) is 4.79 Å². The molecule has 8 nitrogen and oxygen atoms in total. The van der Waals surface area contributed by atoms with E-state index in [4.69, 9.17) is 4.74 Å². The van der Waals surface area contributed by atoms with E-state index in [1.54, 1.807) is 6.20 Å². The summed E-state index contributed by atoms with van der Waals surface area (Å²) in [6.45, 7) is 0.828. The third-order valence-electron chi connectivity index (χ3n) is 5.41. The Labute approximate surface area is 175 Å². The largest absolute Gasteiger partial charge is 0.454 e. The van der Waals surface area contributed by atoms with Gasteiger partial charge < -0.3 is 20.4 Å². The van der Waals surface area contributed by atoms with Crippen LogP contribution < -0.4 is 10.6 Å². The Balaban J connectivity index is 1.62. The third-order valence-corrected chi connectivity index (χ3v) is 5.41. The minimum absolute atomic E-state index is 0.228. The van der Waals surface area contributed by atoms with Crippen molar-refractivity contribution in [2.24, 2.45) is 0 Å². The van der Waals surface area contributed by atoms with Gasteiger partial charge in [-0.2, -0.15) is 5.26 Å². The lowest BCUT2D eigenvalue weighted by atomic mass is 9.83. The van der Waals surface area contributed by atoms with E-state index in [2.05, 4.69) is 21.7 Å². The lowest BCUT2D eigenvalue weighted by Crippen LogP contribution is -2.50. The van der Waals surface area contributed by atoms with Crippen molar-refractivity contribution in [3.63, 3.8) is 0 Å². The number of fused-ring (bicyclic) bond motifs is 1. The molecule has 8 heteroatoms. The van der Waals surface area contributed by atoms with E-state index in [0.717, 1.165) is 35.7 Å². The van der Waals surface area contributed by atoms with Crippen LogP contribution in [0.15, 0.2) is 30.5 Å². The summed E-state index contributed by atoms with van der Waals surface area (Å²) in [7, 11) is 0. The van der Waals surface area contributed by atoms with Gasteiger partial charge >= 0.3 is 5.97 Å². The number of aromatic nitrogens is 1. The maximum absolute atomic E-state index is 12.6. The highest BCUT2D eigenvalue weighted by Gasteiger charge is 2.34. The zero-order valence-electron chi connectivity index (χ0n) is 17.0. The molecule has 0 radical (unpaired) electrons. The number of para-hydroxylation sites is 1. The fourth-order valence-electron chi connectivity index (χ4n) is 3.92. The Hall–Kier alpha value is -3.34. The molecule has 1 saturated carbocycles. The number of carbonyl (C=O) groups is 3. The molecule has 1 fully saturated rings. The smallest absolute Gasteiger partial charge is 0.329 e. The number of nitriles is 1. The van der Waals surface area contributed by atoms with Crippen LogP contribution in [0.25, 0.3) is 10.9 Å². The minimum Gasteiger partial charge on any atom is -0.454 e. The van der Waals surface area contributed by atoms with Gasteiger partial charge in [0, 0.05) is 30.4 Å². The second kappa shape index (κ2) is 9.44. The summed E-state index contributed by atoms with van der Waals surface area (Å²) < 4.78 is 5.17. The van der Waals surface area contributed by atoms with Crippen LogP contribution in [0, 0.1) is 11.3 Å². The van der Waals surface area contributed by atoms with Crippen LogP contribution in [0.4, 0.5) is 0 Å². The molecule has 0 aliphatic heterocycles. The van der Waals surface area contributed by atoms with Crippen molar-refractivity contribution in [3.8, 4) is 6.07 Å². The molecule has 2 amide bonds. The molecule has 1 aliphatic rings. The highest BCUT2D eigenvalue weighted by Crippen LogP contribution is 2.27. The molecule has 158 valence electrons. The van der Waals surface area contributed by atoms with E-state index in [1.165, 1.54) is 6.92 Å². The summed E-state index contributed by atoms with van der Waals surface area (Å²) in [5.41, 5.74) is 0.899. The van der Waals surface area contributed by atoms with Crippen LogP contribution in [0.5, 0.6) is 0 Å². The number of nitrogens with one attached hydrogen (secondary N) is 3. The van der Waals surface area contributed by atoms with Crippen molar-refractivity contribution in [2.75, 3.05) is 6.61 Å². The Kier molecular flexibility index (Phi) is 6.72. The first-order chi connectivity index (χ1) is 14.4. The first kappa shape index (κ1) is 21.4. The fourth-order valence-corrected chi connectivity index (χ4v) is 3.92. The molecule has 0 unspecified atom stereocenters. The van der Waals surface area contributed by atoms with E-state index in [1.807, 2.05) is 24.3 Å². The van der Waals surface area contributed by atoms with Gasteiger partial charge in [0.05, 0.1) is 6.07 Å². The molecule has 1 aromatic heterocycles. The van der Waals surface area contributed by atoms with Gasteiger partial charge in [-0.1, -0.05) is 37.5 Å². The van der Waals surface area contributed by atoms with Gasteiger partial charge in [-0.15, -0.1) is 0 Å². The number of hydrogen-bond donors (Lipinski definition) is 3. The predicted octanol–water partition coefficient (Wildman–Crippen LogP) is 2.10. The normalized spacial score (nSPS) is 16.3. The number of hydrogen-bond acceptors (Lipinski definition) is 5. The van der Waals surface area contributed by atoms with Crippen LogP contribution >= 0.6 is 0 Å². The number of carbonyl (C=O) groups excluding carboxylic acids is 3. The number of rotatable bonds is 7. The van der Waals surface area contributed by atoms with E-state index < -0.39 is 30.1 Å². The first-order valence-electron chi connectivity index (χ1n) is 10.1. The van der Waals surface area contributed by atoms with Crippen molar-refractivity contribution in [2.45, 2.75) is 57.0 Å².